The third-order valence-electron chi connectivity index (χ3n) is 3.00. The van der Waals surface area contributed by atoms with Crippen LogP contribution in [0.3, 0.4) is 0 Å². The van der Waals surface area contributed by atoms with Gasteiger partial charge >= 0.3 is 0 Å². The van der Waals surface area contributed by atoms with Crippen LogP contribution in [-0.2, 0) is 0 Å². The Morgan fingerprint density at radius 3 is 2.36 bits per heavy atom. The Bertz CT molecular complexity index is 843. The monoisotopic (exact) mass is 367 g/mol. The Kier molecular flexibility index (Phi) is 4.50. The van der Waals surface area contributed by atoms with Crippen molar-refractivity contribution in [2.24, 2.45) is 0 Å². The highest BCUT2D eigenvalue weighted by molar-refractivity contribution is 7.17. The summed E-state index contributed by atoms with van der Waals surface area (Å²) in [5.41, 5.74) is 1.41. The second-order valence-electron chi connectivity index (χ2n) is 4.49. The average molecular weight is 369 g/mol. The van der Waals surface area contributed by atoms with E-state index in [0.717, 1.165) is 10.6 Å². The van der Waals surface area contributed by atoms with Gasteiger partial charge in [0.2, 0.25) is 5.78 Å². The number of hydrogen-bond acceptors (Lipinski definition) is 3. The molecule has 110 valence electrons. The summed E-state index contributed by atoms with van der Waals surface area (Å²) >= 11 is 19.0. The fraction of sp³-hybridized carbons (Fsp3) is 0. The van der Waals surface area contributed by atoms with Gasteiger partial charge in [-0.25, -0.2) is 4.98 Å². The molecule has 0 aliphatic heterocycles. The van der Waals surface area contributed by atoms with Gasteiger partial charge in [0.15, 0.2) is 0 Å². The van der Waals surface area contributed by atoms with Crippen LogP contribution < -0.4 is 0 Å². The SMILES string of the molecule is O=C(c1ccc(Cl)c(Cl)c1)c1cnc(-c2ccc(Cl)cc2)s1. The van der Waals surface area contributed by atoms with Crippen LogP contribution in [0.1, 0.15) is 15.2 Å². The van der Waals surface area contributed by atoms with Crippen molar-refractivity contribution in [3.05, 3.63) is 74.2 Å². The second kappa shape index (κ2) is 6.39. The maximum Gasteiger partial charge on any atom is 0.204 e. The zero-order valence-electron chi connectivity index (χ0n) is 11.0. The molecule has 22 heavy (non-hydrogen) atoms. The third-order valence-corrected chi connectivity index (χ3v) is 5.04. The third kappa shape index (κ3) is 3.18. The van der Waals surface area contributed by atoms with Gasteiger partial charge in [-0.1, -0.05) is 46.9 Å². The van der Waals surface area contributed by atoms with E-state index in [9.17, 15) is 4.79 Å². The molecule has 0 bridgehead atoms. The van der Waals surface area contributed by atoms with Crippen molar-refractivity contribution >= 4 is 51.9 Å². The number of thiazole rings is 1. The van der Waals surface area contributed by atoms with E-state index in [2.05, 4.69) is 4.98 Å². The van der Waals surface area contributed by atoms with Crippen LogP contribution in [0.4, 0.5) is 0 Å². The van der Waals surface area contributed by atoms with E-state index in [0.29, 0.717) is 25.5 Å². The van der Waals surface area contributed by atoms with Gasteiger partial charge in [-0.3, -0.25) is 4.79 Å². The molecule has 2 aromatic carbocycles. The van der Waals surface area contributed by atoms with Crippen LogP contribution in [0, 0.1) is 0 Å². The molecule has 0 aliphatic rings. The van der Waals surface area contributed by atoms with E-state index >= 15 is 0 Å². The Morgan fingerprint density at radius 1 is 0.955 bits per heavy atom. The molecule has 3 aromatic rings. The highest BCUT2D eigenvalue weighted by atomic mass is 35.5. The molecule has 0 aliphatic carbocycles. The number of benzene rings is 2. The van der Waals surface area contributed by atoms with E-state index in [4.69, 9.17) is 34.8 Å². The summed E-state index contributed by atoms with van der Waals surface area (Å²) in [7, 11) is 0. The minimum Gasteiger partial charge on any atom is -0.288 e. The number of hydrogen-bond donors (Lipinski definition) is 0. The maximum absolute atomic E-state index is 12.5. The standard InChI is InChI=1S/C16H8Cl3NOS/c17-11-4-1-9(2-5-11)16-20-8-14(22-16)15(21)10-3-6-12(18)13(19)7-10/h1-8H. The number of aromatic nitrogens is 1. The molecule has 0 fully saturated rings. The lowest BCUT2D eigenvalue weighted by Crippen LogP contribution is -1.98. The van der Waals surface area contributed by atoms with Gasteiger partial charge in [0.25, 0.3) is 0 Å². The molecule has 0 amide bonds. The molecule has 0 saturated carbocycles. The first-order valence-electron chi connectivity index (χ1n) is 6.26. The first-order chi connectivity index (χ1) is 10.5. The number of nitrogens with zero attached hydrogens (tertiary/aromatic N) is 1. The summed E-state index contributed by atoms with van der Waals surface area (Å²) in [6, 6.07) is 12.1. The van der Waals surface area contributed by atoms with Crippen LogP contribution in [0.15, 0.2) is 48.7 Å². The van der Waals surface area contributed by atoms with E-state index < -0.39 is 0 Å². The molecule has 0 spiro atoms. The number of ketones is 1. The maximum atomic E-state index is 12.5. The lowest BCUT2D eigenvalue weighted by atomic mass is 10.1. The summed E-state index contributed by atoms with van der Waals surface area (Å²) in [4.78, 5) is 17.3. The van der Waals surface area contributed by atoms with E-state index in [1.54, 1.807) is 36.5 Å². The number of carbonyl (C=O) groups is 1. The van der Waals surface area contributed by atoms with Gasteiger partial charge in [-0.15, -0.1) is 11.3 Å². The van der Waals surface area contributed by atoms with E-state index in [-0.39, 0.29) is 5.78 Å². The van der Waals surface area contributed by atoms with Gasteiger partial charge < -0.3 is 0 Å². The predicted octanol–water partition coefficient (Wildman–Crippen LogP) is 6.00. The molecule has 0 atom stereocenters. The molecular weight excluding hydrogens is 361 g/mol. The van der Waals surface area contributed by atoms with Crippen molar-refractivity contribution in [1.29, 1.82) is 0 Å². The smallest absolute Gasteiger partial charge is 0.204 e. The fourth-order valence-electron chi connectivity index (χ4n) is 1.88. The van der Waals surface area contributed by atoms with Crippen molar-refractivity contribution in [1.82, 2.24) is 4.98 Å². The number of rotatable bonds is 3. The minimum atomic E-state index is -0.128. The average Bonchev–Trinajstić information content (AvgIpc) is 3.00. The molecule has 0 saturated heterocycles. The summed E-state index contributed by atoms with van der Waals surface area (Å²) in [5, 5.41) is 2.20. The van der Waals surface area contributed by atoms with Crippen molar-refractivity contribution in [2.75, 3.05) is 0 Å². The Morgan fingerprint density at radius 2 is 1.68 bits per heavy atom. The molecule has 0 radical (unpaired) electrons. The van der Waals surface area contributed by atoms with Crippen LogP contribution in [0.2, 0.25) is 15.1 Å². The summed E-state index contributed by atoms with van der Waals surface area (Å²) < 4.78 is 0. The molecular formula is C16H8Cl3NOS. The molecule has 2 nitrogen and oxygen atoms in total. The summed E-state index contributed by atoms with van der Waals surface area (Å²) in [5.74, 6) is -0.128. The predicted molar refractivity (Wildman–Crippen MR) is 92.5 cm³/mol. The van der Waals surface area contributed by atoms with Gasteiger partial charge in [-0.2, -0.15) is 0 Å². The molecule has 1 aromatic heterocycles. The lowest BCUT2D eigenvalue weighted by Gasteiger charge is -2.00. The zero-order chi connectivity index (χ0) is 15.7. The minimum absolute atomic E-state index is 0.128. The van der Waals surface area contributed by atoms with Crippen LogP contribution in [0.25, 0.3) is 10.6 Å². The fourth-order valence-corrected chi connectivity index (χ4v) is 3.19. The Hall–Kier alpha value is -1.39. The van der Waals surface area contributed by atoms with Gasteiger partial charge in [0, 0.05) is 22.3 Å². The van der Waals surface area contributed by atoms with E-state index in [1.165, 1.54) is 11.3 Å². The summed E-state index contributed by atoms with van der Waals surface area (Å²) in [6.45, 7) is 0. The highest BCUT2D eigenvalue weighted by Crippen LogP contribution is 2.29. The van der Waals surface area contributed by atoms with Crippen molar-refractivity contribution < 1.29 is 4.79 Å². The quantitative estimate of drug-likeness (QED) is 0.531. The summed E-state index contributed by atoms with van der Waals surface area (Å²) in [6.07, 6.45) is 1.57. The van der Waals surface area contributed by atoms with Gasteiger partial charge in [-0.05, 0) is 30.3 Å². The van der Waals surface area contributed by atoms with Crippen molar-refractivity contribution in [3.63, 3.8) is 0 Å². The zero-order valence-corrected chi connectivity index (χ0v) is 14.1. The first-order valence-corrected chi connectivity index (χ1v) is 8.21. The number of halogens is 3. The van der Waals surface area contributed by atoms with E-state index in [1.807, 2.05) is 12.1 Å². The van der Waals surface area contributed by atoms with Crippen LogP contribution in [0.5, 0.6) is 0 Å². The van der Waals surface area contributed by atoms with Crippen LogP contribution >= 0.6 is 46.1 Å². The van der Waals surface area contributed by atoms with Gasteiger partial charge in [0.1, 0.15) is 5.01 Å². The highest BCUT2D eigenvalue weighted by Gasteiger charge is 2.15. The molecule has 0 unspecified atom stereocenters. The van der Waals surface area contributed by atoms with Crippen LogP contribution in [-0.4, -0.2) is 10.8 Å². The van der Waals surface area contributed by atoms with Crippen molar-refractivity contribution in [2.45, 2.75) is 0 Å². The first kappa shape index (κ1) is 15.5. The second-order valence-corrected chi connectivity index (χ2v) is 6.78. The topological polar surface area (TPSA) is 30.0 Å². The Labute approximate surface area is 146 Å². The molecule has 6 heteroatoms. The molecule has 3 rings (SSSR count). The lowest BCUT2D eigenvalue weighted by molar-refractivity contribution is 0.104. The van der Waals surface area contributed by atoms with Gasteiger partial charge in [0.05, 0.1) is 14.9 Å². The number of carbonyl (C=O) groups excluding carboxylic acids is 1. The van der Waals surface area contributed by atoms with Crippen molar-refractivity contribution in [3.8, 4) is 10.6 Å². The Balaban J connectivity index is 1.91. The molecule has 1 heterocycles. The molecule has 0 N–H and O–H groups in total. The largest absolute Gasteiger partial charge is 0.288 e. The normalized spacial score (nSPS) is 10.7.